The van der Waals surface area contributed by atoms with Crippen LogP contribution in [0.15, 0.2) is 41.2 Å². The van der Waals surface area contributed by atoms with Crippen molar-refractivity contribution >= 4 is 22.9 Å². The molecule has 158 valence electrons. The van der Waals surface area contributed by atoms with Gasteiger partial charge in [0.25, 0.3) is 17.3 Å². The van der Waals surface area contributed by atoms with Gasteiger partial charge in [-0.25, -0.2) is 6.57 Å². The van der Waals surface area contributed by atoms with Crippen LogP contribution in [-0.2, 0) is 10.3 Å². The molecular weight excluding hydrogens is 388 g/mol. The SMILES string of the molecule is [C-]#[N+]C1=CCC(C(=O)Nc2ccc(C3([N+]#[C-])CCC(O)CC3)cc2C2=CCCCC2)=N1. The molecule has 1 amide bonds. The van der Waals surface area contributed by atoms with Crippen LogP contribution < -0.4 is 5.32 Å². The van der Waals surface area contributed by atoms with Gasteiger partial charge < -0.3 is 20.1 Å². The summed E-state index contributed by atoms with van der Waals surface area (Å²) in [7, 11) is 0. The zero-order valence-corrected chi connectivity index (χ0v) is 17.5. The second kappa shape index (κ2) is 8.88. The maximum atomic E-state index is 12.8. The number of rotatable bonds is 4. The minimum atomic E-state index is -0.615. The Labute approximate surface area is 183 Å². The van der Waals surface area contributed by atoms with Crippen molar-refractivity contribution in [2.45, 2.75) is 69.4 Å². The van der Waals surface area contributed by atoms with Gasteiger partial charge in [-0.1, -0.05) is 18.7 Å². The van der Waals surface area contributed by atoms with Gasteiger partial charge >= 0.3 is 0 Å². The number of anilines is 1. The minimum Gasteiger partial charge on any atom is -0.393 e. The van der Waals surface area contributed by atoms with Gasteiger partial charge in [-0.05, 0) is 62.3 Å². The first-order valence-corrected chi connectivity index (χ1v) is 10.9. The van der Waals surface area contributed by atoms with Crippen LogP contribution in [0, 0.1) is 13.1 Å². The number of nitrogens with one attached hydrogen (secondary N) is 1. The van der Waals surface area contributed by atoms with Crippen LogP contribution in [0.25, 0.3) is 15.3 Å². The fraction of sp³-hybridized carbons (Fsp3) is 0.440. The highest BCUT2D eigenvalue weighted by atomic mass is 16.3. The predicted molar refractivity (Wildman–Crippen MR) is 121 cm³/mol. The van der Waals surface area contributed by atoms with Crippen molar-refractivity contribution in [1.29, 1.82) is 0 Å². The fourth-order valence-corrected chi connectivity index (χ4v) is 4.66. The Morgan fingerprint density at radius 1 is 1.19 bits per heavy atom. The summed E-state index contributed by atoms with van der Waals surface area (Å²) in [5, 5.41) is 12.9. The maximum Gasteiger partial charge on any atom is 0.293 e. The van der Waals surface area contributed by atoms with Crippen LogP contribution in [0.1, 0.15) is 68.9 Å². The number of nitrogens with zero attached hydrogens (tertiary/aromatic N) is 3. The molecule has 6 nitrogen and oxygen atoms in total. The zero-order chi connectivity index (χ0) is 21.8. The number of carbonyl (C=O) groups excluding carboxylic acids is 1. The number of hydrogen-bond acceptors (Lipinski definition) is 3. The fourth-order valence-electron chi connectivity index (χ4n) is 4.66. The lowest BCUT2D eigenvalue weighted by atomic mass is 9.75. The molecule has 1 saturated carbocycles. The van der Waals surface area contributed by atoms with Crippen molar-refractivity contribution in [3.05, 3.63) is 70.1 Å². The third kappa shape index (κ3) is 4.31. The molecular formula is C25H26N4O2. The average Bonchev–Trinajstić information content (AvgIpc) is 3.30. The van der Waals surface area contributed by atoms with Crippen molar-refractivity contribution < 1.29 is 9.90 Å². The number of amides is 1. The van der Waals surface area contributed by atoms with E-state index in [0.717, 1.165) is 42.5 Å². The molecule has 1 aliphatic heterocycles. The summed E-state index contributed by atoms with van der Waals surface area (Å²) < 4.78 is 0. The molecule has 2 N–H and O–H groups in total. The summed E-state index contributed by atoms with van der Waals surface area (Å²) >= 11 is 0. The molecule has 0 atom stereocenters. The second-order valence-corrected chi connectivity index (χ2v) is 8.50. The first kappa shape index (κ1) is 21.0. The summed E-state index contributed by atoms with van der Waals surface area (Å²) in [5.74, 6) is -0.0322. The van der Waals surface area contributed by atoms with E-state index in [1.165, 1.54) is 5.57 Å². The summed E-state index contributed by atoms with van der Waals surface area (Å²) in [6, 6.07) is 5.91. The predicted octanol–water partition coefficient (Wildman–Crippen LogP) is 5.24. The van der Waals surface area contributed by atoms with E-state index in [-0.39, 0.29) is 17.8 Å². The average molecular weight is 415 g/mol. The van der Waals surface area contributed by atoms with E-state index in [2.05, 4.69) is 32.1 Å². The molecule has 6 heteroatoms. The lowest BCUT2D eigenvalue weighted by Gasteiger charge is -2.30. The van der Waals surface area contributed by atoms with E-state index in [1.54, 1.807) is 6.08 Å². The Morgan fingerprint density at radius 2 is 2.00 bits per heavy atom. The topological polar surface area (TPSA) is 70.4 Å². The van der Waals surface area contributed by atoms with E-state index in [1.807, 2.05) is 12.1 Å². The molecule has 0 bridgehead atoms. The highest BCUT2D eigenvalue weighted by Crippen LogP contribution is 2.43. The van der Waals surface area contributed by atoms with Gasteiger partial charge in [-0.3, -0.25) is 4.79 Å². The first-order valence-electron chi connectivity index (χ1n) is 10.9. The van der Waals surface area contributed by atoms with Gasteiger partial charge in [0, 0.05) is 36.1 Å². The van der Waals surface area contributed by atoms with Crippen molar-refractivity contribution in [2.24, 2.45) is 4.99 Å². The quantitative estimate of drug-likeness (QED) is 0.662. The zero-order valence-electron chi connectivity index (χ0n) is 17.5. The molecule has 0 saturated heterocycles. The molecule has 1 heterocycles. The Balaban J connectivity index is 1.68. The second-order valence-electron chi connectivity index (χ2n) is 8.50. The molecule has 0 spiro atoms. The van der Waals surface area contributed by atoms with Gasteiger partial charge in [0.15, 0.2) is 5.71 Å². The smallest absolute Gasteiger partial charge is 0.293 e. The Kier molecular flexibility index (Phi) is 6.02. The molecule has 31 heavy (non-hydrogen) atoms. The summed E-state index contributed by atoms with van der Waals surface area (Å²) in [6.45, 7) is 15.0. The number of aliphatic imine (C=N–C) groups is 1. The van der Waals surface area contributed by atoms with Gasteiger partial charge in [0.2, 0.25) is 0 Å². The van der Waals surface area contributed by atoms with Gasteiger partial charge in [-0.2, -0.15) is 0 Å². The van der Waals surface area contributed by atoms with Crippen LogP contribution in [0.2, 0.25) is 0 Å². The summed E-state index contributed by atoms with van der Waals surface area (Å²) in [5.41, 5.74) is 3.58. The largest absolute Gasteiger partial charge is 0.393 e. The molecule has 2 aliphatic carbocycles. The third-order valence-corrected chi connectivity index (χ3v) is 6.54. The molecule has 4 rings (SSSR count). The number of aliphatic hydroxyl groups is 1. The highest BCUT2D eigenvalue weighted by molar-refractivity contribution is 6.44. The van der Waals surface area contributed by atoms with E-state index < -0.39 is 5.54 Å². The number of benzene rings is 1. The van der Waals surface area contributed by atoms with Gasteiger partial charge in [0.1, 0.15) is 0 Å². The van der Waals surface area contributed by atoms with Crippen LogP contribution >= 0.6 is 0 Å². The van der Waals surface area contributed by atoms with Crippen LogP contribution in [-0.4, -0.2) is 22.8 Å². The number of aliphatic hydroxyl groups excluding tert-OH is 1. The van der Waals surface area contributed by atoms with Gasteiger partial charge in [0.05, 0.1) is 6.10 Å². The number of carbonyl (C=O) groups is 1. The Morgan fingerprint density at radius 3 is 2.65 bits per heavy atom. The molecule has 1 fully saturated rings. The lowest BCUT2D eigenvalue weighted by molar-refractivity contribution is -0.110. The van der Waals surface area contributed by atoms with E-state index in [9.17, 15) is 9.90 Å². The third-order valence-electron chi connectivity index (χ3n) is 6.54. The molecule has 0 unspecified atom stereocenters. The highest BCUT2D eigenvalue weighted by Gasteiger charge is 2.43. The molecule has 3 aliphatic rings. The standard InChI is InChI=1S/C25H26N4O2/c1-26-23-11-10-22(28-23)24(31)29-21-9-8-18(16-20(21)17-6-4-3-5-7-17)25(27-2)14-12-19(30)13-15-25/h6,8-9,11,16,19,30H,3-5,7,10,12-15H2,(H,29,31). The van der Waals surface area contributed by atoms with Crippen LogP contribution in [0.4, 0.5) is 5.69 Å². The normalized spacial score (nSPS) is 25.5. The van der Waals surface area contributed by atoms with Crippen molar-refractivity contribution in [1.82, 2.24) is 0 Å². The monoisotopic (exact) mass is 414 g/mol. The van der Waals surface area contributed by atoms with Crippen molar-refractivity contribution in [2.75, 3.05) is 5.32 Å². The van der Waals surface area contributed by atoms with E-state index in [4.69, 9.17) is 13.1 Å². The van der Waals surface area contributed by atoms with Crippen LogP contribution in [0.5, 0.6) is 0 Å². The Bertz CT molecular complexity index is 1060. The maximum absolute atomic E-state index is 12.8. The number of hydrogen-bond donors (Lipinski definition) is 2. The van der Waals surface area contributed by atoms with Crippen LogP contribution in [0.3, 0.4) is 0 Å². The Hall–Kier alpha value is -3.22. The first-order chi connectivity index (χ1) is 15.0. The van der Waals surface area contributed by atoms with E-state index >= 15 is 0 Å². The molecule has 1 aromatic rings. The van der Waals surface area contributed by atoms with Gasteiger partial charge in [-0.15, -0.1) is 4.99 Å². The molecule has 0 aromatic heterocycles. The van der Waals surface area contributed by atoms with E-state index in [0.29, 0.717) is 37.8 Å². The summed E-state index contributed by atoms with van der Waals surface area (Å²) in [4.78, 5) is 24.2. The molecule has 0 radical (unpaired) electrons. The number of allylic oxidation sites excluding steroid dienone is 3. The minimum absolute atomic E-state index is 0.259. The summed E-state index contributed by atoms with van der Waals surface area (Å²) in [6.07, 6.45) is 10.7. The molecule has 1 aromatic carbocycles. The van der Waals surface area contributed by atoms with Crippen molar-refractivity contribution in [3.63, 3.8) is 0 Å². The lowest BCUT2D eigenvalue weighted by Crippen LogP contribution is -2.31. The van der Waals surface area contributed by atoms with Crippen molar-refractivity contribution in [3.8, 4) is 0 Å².